The first-order valence-corrected chi connectivity index (χ1v) is 8.20. The van der Waals surface area contributed by atoms with Gasteiger partial charge in [-0.15, -0.1) is 0 Å². The maximum atomic E-state index is 11.4. The van der Waals surface area contributed by atoms with Crippen LogP contribution in [-0.4, -0.2) is 54.1 Å². The Morgan fingerprint density at radius 3 is 2.63 bits per heavy atom. The van der Waals surface area contributed by atoms with Crippen LogP contribution in [0, 0.1) is 0 Å². The number of ether oxygens (including phenoxy) is 1. The summed E-state index contributed by atoms with van der Waals surface area (Å²) in [6.07, 6.45) is 1.22. The summed E-state index contributed by atoms with van der Waals surface area (Å²) in [7, 11) is -1.21. The molecule has 0 saturated carbocycles. The molecular formula is C13H20N2O3S. The van der Waals surface area contributed by atoms with E-state index in [1.54, 1.807) is 12.1 Å². The second kappa shape index (κ2) is 5.90. The number of hydrogen-bond donors (Lipinski definition) is 1. The van der Waals surface area contributed by atoms with Gasteiger partial charge in [0.05, 0.1) is 24.2 Å². The molecule has 5 nitrogen and oxygen atoms in total. The molecular weight excluding hydrogens is 264 g/mol. The molecule has 1 aliphatic heterocycles. The predicted octanol–water partition coefficient (Wildman–Crippen LogP) is 0.515. The zero-order chi connectivity index (χ0) is 13.9. The number of rotatable bonds is 4. The van der Waals surface area contributed by atoms with Gasteiger partial charge in [-0.3, -0.25) is 0 Å². The third-order valence-corrected chi connectivity index (χ3v) is 4.39. The predicted molar refractivity (Wildman–Crippen MR) is 75.4 cm³/mol. The second-order valence-corrected chi connectivity index (χ2v) is 6.76. The lowest BCUT2D eigenvalue weighted by atomic mass is 10.2. The zero-order valence-electron chi connectivity index (χ0n) is 11.3. The largest absolute Gasteiger partial charge is 0.377 e. The van der Waals surface area contributed by atoms with Gasteiger partial charge in [-0.25, -0.2) is 8.42 Å². The first kappa shape index (κ1) is 14.3. The molecule has 0 spiro atoms. The maximum Gasteiger partial charge on any atom is 0.175 e. The van der Waals surface area contributed by atoms with Crippen LogP contribution in [0.5, 0.6) is 0 Å². The molecule has 106 valence electrons. The molecule has 1 fully saturated rings. The number of hydrogen-bond acceptors (Lipinski definition) is 5. The van der Waals surface area contributed by atoms with E-state index in [-0.39, 0.29) is 6.04 Å². The zero-order valence-corrected chi connectivity index (χ0v) is 12.1. The Hall–Kier alpha value is -1.11. The molecule has 1 heterocycles. The molecule has 1 atom stereocenters. The summed E-state index contributed by atoms with van der Waals surface area (Å²) in [6.45, 7) is 3.06. The minimum absolute atomic E-state index is 0.280. The Balaban J connectivity index is 2.20. The van der Waals surface area contributed by atoms with Gasteiger partial charge in [-0.05, 0) is 31.3 Å². The van der Waals surface area contributed by atoms with Crippen molar-refractivity contribution in [2.75, 3.05) is 44.5 Å². The van der Waals surface area contributed by atoms with Crippen LogP contribution in [-0.2, 0) is 14.6 Å². The Kier molecular flexibility index (Phi) is 4.44. The van der Waals surface area contributed by atoms with E-state index < -0.39 is 9.84 Å². The molecule has 0 aliphatic carbocycles. The molecule has 0 aromatic heterocycles. The van der Waals surface area contributed by atoms with E-state index in [0.717, 1.165) is 18.8 Å². The number of sulfone groups is 1. The molecule has 19 heavy (non-hydrogen) atoms. The van der Waals surface area contributed by atoms with E-state index in [2.05, 4.69) is 10.2 Å². The van der Waals surface area contributed by atoms with Crippen LogP contribution in [0.4, 0.5) is 5.69 Å². The number of nitrogens with one attached hydrogen (secondary N) is 1. The highest BCUT2D eigenvalue weighted by Crippen LogP contribution is 2.21. The van der Waals surface area contributed by atoms with Crippen molar-refractivity contribution in [2.45, 2.75) is 10.9 Å². The second-order valence-electron chi connectivity index (χ2n) is 4.75. The minimum atomic E-state index is -3.13. The summed E-state index contributed by atoms with van der Waals surface area (Å²) < 4.78 is 28.4. The molecule has 6 heteroatoms. The van der Waals surface area contributed by atoms with Crippen LogP contribution < -0.4 is 10.2 Å². The van der Waals surface area contributed by atoms with E-state index in [1.165, 1.54) is 6.26 Å². The fourth-order valence-electron chi connectivity index (χ4n) is 2.28. The smallest absolute Gasteiger partial charge is 0.175 e. The number of nitrogens with zero attached hydrogens (tertiary/aromatic N) is 1. The molecule has 1 saturated heterocycles. The van der Waals surface area contributed by atoms with Crippen molar-refractivity contribution >= 4 is 15.5 Å². The average Bonchev–Trinajstić information content (AvgIpc) is 2.39. The van der Waals surface area contributed by atoms with E-state index >= 15 is 0 Å². The topological polar surface area (TPSA) is 58.6 Å². The molecule has 0 radical (unpaired) electrons. The van der Waals surface area contributed by atoms with Gasteiger partial charge in [0.1, 0.15) is 0 Å². The van der Waals surface area contributed by atoms with Crippen molar-refractivity contribution in [2.24, 2.45) is 0 Å². The lowest BCUT2D eigenvalue weighted by Crippen LogP contribution is -2.50. The first-order valence-electron chi connectivity index (χ1n) is 6.31. The van der Waals surface area contributed by atoms with Gasteiger partial charge in [0, 0.05) is 25.0 Å². The molecule has 1 aliphatic rings. The summed E-state index contributed by atoms with van der Waals surface area (Å²) in [5, 5.41) is 3.16. The lowest BCUT2D eigenvalue weighted by molar-refractivity contribution is 0.0943. The summed E-state index contributed by atoms with van der Waals surface area (Å²) in [4.78, 5) is 2.61. The van der Waals surface area contributed by atoms with Crippen molar-refractivity contribution < 1.29 is 13.2 Å². The average molecular weight is 284 g/mol. The van der Waals surface area contributed by atoms with Crippen LogP contribution in [0.25, 0.3) is 0 Å². The van der Waals surface area contributed by atoms with Crippen molar-refractivity contribution in [3.63, 3.8) is 0 Å². The molecule has 1 aromatic carbocycles. The van der Waals surface area contributed by atoms with Crippen LogP contribution in [0.2, 0.25) is 0 Å². The third kappa shape index (κ3) is 3.46. The van der Waals surface area contributed by atoms with Gasteiger partial charge in [0.25, 0.3) is 0 Å². The number of anilines is 1. The Labute approximate surface area is 114 Å². The highest BCUT2D eigenvalue weighted by atomic mass is 32.2. The van der Waals surface area contributed by atoms with Crippen LogP contribution >= 0.6 is 0 Å². The van der Waals surface area contributed by atoms with Crippen molar-refractivity contribution in [1.29, 1.82) is 0 Å². The molecule has 2 rings (SSSR count). The number of likely N-dealkylation sites (N-methyl/N-ethyl adjacent to an activating group) is 1. The van der Waals surface area contributed by atoms with Gasteiger partial charge in [0.15, 0.2) is 9.84 Å². The quantitative estimate of drug-likeness (QED) is 0.873. The van der Waals surface area contributed by atoms with E-state index in [4.69, 9.17) is 4.74 Å². The van der Waals surface area contributed by atoms with Gasteiger partial charge >= 0.3 is 0 Å². The lowest BCUT2D eigenvalue weighted by Gasteiger charge is -2.37. The van der Waals surface area contributed by atoms with Crippen molar-refractivity contribution in [1.82, 2.24) is 5.32 Å². The van der Waals surface area contributed by atoms with Crippen LogP contribution in [0.1, 0.15) is 0 Å². The van der Waals surface area contributed by atoms with Crippen LogP contribution in [0.3, 0.4) is 0 Å². The van der Waals surface area contributed by atoms with Gasteiger partial charge < -0.3 is 15.0 Å². The minimum Gasteiger partial charge on any atom is -0.377 e. The Morgan fingerprint density at radius 1 is 1.37 bits per heavy atom. The van der Waals surface area contributed by atoms with Crippen molar-refractivity contribution in [3.8, 4) is 0 Å². The maximum absolute atomic E-state index is 11.4. The normalized spacial score (nSPS) is 20.5. The summed E-state index contributed by atoms with van der Waals surface area (Å²) in [5.74, 6) is 0. The molecule has 1 N–H and O–H groups in total. The fourth-order valence-corrected chi connectivity index (χ4v) is 2.91. The Bertz CT molecular complexity index is 511. The summed E-state index contributed by atoms with van der Waals surface area (Å²) in [6, 6.07) is 7.34. The fraction of sp³-hybridized carbons (Fsp3) is 0.538. The van der Waals surface area contributed by atoms with Gasteiger partial charge in [0.2, 0.25) is 0 Å². The molecule has 0 bridgehead atoms. The van der Waals surface area contributed by atoms with Crippen LogP contribution in [0.15, 0.2) is 29.2 Å². The standard InChI is InChI=1S/C13H20N2O3S/c1-14-9-12-10-18-8-7-15(12)11-3-5-13(6-4-11)19(2,16)17/h3-6,12,14H,7-10H2,1-2H3. The third-order valence-electron chi connectivity index (χ3n) is 3.26. The highest BCUT2D eigenvalue weighted by Gasteiger charge is 2.22. The molecule has 1 unspecified atom stereocenters. The Morgan fingerprint density at radius 2 is 2.05 bits per heavy atom. The first-order chi connectivity index (χ1) is 9.02. The van der Waals surface area contributed by atoms with E-state index in [0.29, 0.717) is 18.1 Å². The summed E-state index contributed by atoms with van der Waals surface area (Å²) in [5.41, 5.74) is 1.04. The van der Waals surface area contributed by atoms with Crippen molar-refractivity contribution in [3.05, 3.63) is 24.3 Å². The highest BCUT2D eigenvalue weighted by molar-refractivity contribution is 7.90. The number of benzene rings is 1. The summed E-state index contributed by atoms with van der Waals surface area (Å²) >= 11 is 0. The molecule has 0 amide bonds. The van der Waals surface area contributed by atoms with Gasteiger partial charge in [-0.1, -0.05) is 0 Å². The number of morpholine rings is 1. The van der Waals surface area contributed by atoms with Gasteiger partial charge in [-0.2, -0.15) is 0 Å². The molecule has 1 aromatic rings. The SMILES string of the molecule is CNCC1COCCN1c1ccc(S(C)(=O)=O)cc1. The monoisotopic (exact) mass is 284 g/mol. The van der Waals surface area contributed by atoms with E-state index in [1.807, 2.05) is 19.2 Å². The van der Waals surface area contributed by atoms with E-state index in [9.17, 15) is 8.42 Å².